The summed E-state index contributed by atoms with van der Waals surface area (Å²) in [6.07, 6.45) is 3.22. The van der Waals surface area contributed by atoms with E-state index in [1.165, 1.54) is 6.20 Å². The Bertz CT molecular complexity index is 822. The maximum absolute atomic E-state index is 12.4. The van der Waals surface area contributed by atoms with Crippen LogP contribution < -0.4 is 5.32 Å². The molecular weight excluding hydrogens is 338 g/mol. The van der Waals surface area contributed by atoms with Gasteiger partial charge in [-0.25, -0.2) is 0 Å². The van der Waals surface area contributed by atoms with E-state index in [1.54, 1.807) is 24.3 Å². The molecule has 0 spiro atoms. The van der Waals surface area contributed by atoms with Crippen molar-refractivity contribution in [3.63, 3.8) is 0 Å². The van der Waals surface area contributed by atoms with Gasteiger partial charge in [0.1, 0.15) is 5.69 Å². The van der Waals surface area contributed by atoms with Crippen LogP contribution in [0.1, 0.15) is 16.1 Å². The number of nitrogens with one attached hydrogen (secondary N) is 1. The minimum Gasteiger partial charge on any atom is -0.349 e. The quantitative estimate of drug-likeness (QED) is 0.836. The number of aromatic nitrogens is 1. The molecule has 1 aliphatic rings. The summed E-state index contributed by atoms with van der Waals surface area (Å²) in [5, 5.41) is 2.32. The Morgan fingerprint density at radius 1 is 1.12 bits per heavy atom. The maximum atomic E-state index is 12.4. The predicted octanol–water partition coefficient (Wildman–Crippen LogP) is 2.55. The van der Waals surface area contributed by atoms with Crippen LogP contribution in [-0.4, -0.2) is 40.0 Å². The average Bonchev–Trinajstić information content (AvgIpc) is 2.90. The van der Waals surface area contributed by atoms with Crippen LogP contribution in [0.4, 0.5) is 4.79 Å². The SMILES string of the molecule is O=C(NCCN1C(=O)SC(=Cc2ccccc2)C1=O)c1ccccn1. The molecule has 1 N–H and O–H groups in total. The Kier molecular flexibility index (Phi) is 5.25. The van der Waals surface area contributed by atoms with E-state index in [1.807, 2.05) is 30.3 Å². The molecule has 1 aromatic heterocycles. The second-order valence-electron chi connectivity index (χ2n) is 5.21. The van der Waals surface area contributed by atoms with Gasteiger partial charge in [-0.05, 0) is 35.5 Å². The molecule has 1 saturated heterocycles. The van der Waals surface area contributed by atoms with Crippen molar-refractivity contribution < 1.29 is 14.4 Å². The third-order valence-electron chi connectivity index (χ3n) is 3.49. The number of hydrogen-bond donors (Lipinski definition) is 1. The lowest BCUT2D eigenvalue weighted by atomic mass is 10.2. The van der Waals surface area contributed by atoms with Gasteiger partial charge < -0.3 is 5.32 Å². The Morgan fingerprint density at radius 3 is 2.60 bits per heavy atom. The molecule has 0 bridgehead atoms. The van der Waals surface area contributed by atoms with Crippen LogP contribution in [0.3, 0.4) is 0 Å². The fraction of sp³-hybridized carbons (Fsp3) is 0.111. The minimum atomic E-state index is -0.342. The van der Waals surface area contributed by atoms with Crippen LogP contribution in [0.25, 0.3) is 6.08 Å². The molecule has 2 aromatic rings. The fourth-order valence-electron chi connectivity index (χ4n) is 2.26. The summed E-state index contributed by atoms with van der Waals surface area (Å²) in [4.78, 5) is 41.8. The van der Waals surface area contributed by atoms with Crippen molar-refractivity contribution in [1.82, 2.24) is 15.2 Å². The van der Waals surface area contributed by atoms with E-state index in [0.29, 0.717) is 10.6 Å². The number of amides is 3. The third kappa shape index (κ3) is 4.13. The lowest BCUT2D eigenvalue weighted by molar-refractivity contribution is -0.122. The Balaban J connectivity index is 1.58. The topological polar surface area (TPSA) is 79.4 Å². The molecular formula is C18H15N3O3S. The standard InChI is InChI=1S/C18H15N3O3S/c22-16(14-8-4-5-9-19-14)20-10-11-21-17(23)15(25-18(21)24)12-13-6-2-1-3-7-13/h1-9,12H,10-11H2,(H,20,22). The average molecular weight is 353 g/mol. The van der Waals surface area contributed by atoms with E-state index < -0.39 is 0 Å². The molecule has 126 valence electrons. The normalized spacial score (nSPS) is 15.7. The van der Waals surface area contributed by atoms with Crippen molar-refractivity contribution in [3.05, 3.63) is 70.9 Å². The molecule has 3 rings (SSSR count). The smallest absolute Gasteiger partial charge is 0.293 e. The van der Waals surface area contributed by atoms with Gasteiger partial charge in [-0.15, -0.1) is 0 Å². The Morgan fingerprint density at radius 2 is 1.88 bits per heavy atom. The van der Waals surface area contributed by atoms with Crippen LogP contribution >= 0.6 is 11.8 Å². The number of nitrogens with zero attached hydrogens (tertiary/aromatic N) is 2. The molecule has 0 atom stereocenters. The number of rotatable bonds is 5. The molecule has 2 heterocycles. The van der Waals surface area contributed by atoms with E-state index in [9.17, 15) is 14.4 Å². The lowest BCUT2D eigenvalue weighted by Gasteiger charge is -2.12. The van der Waals surface area contributed by atoms with Gasteiger partial charge in [0.15, 0.2) is 0 Å². The lowest BCUT2D eigenvalue weighted by Crippen LogP contribution is -2.37. The molecule has 1 fully saturated rings. The molecule has 6 nitrogen and oxygen atoms in total. The van der Waals surface area contributed by atoms with Gasteiger partial charge >= 0.3 is 0 Å². The first-order valence-electron chi connectivity index (χ1n) is 7.65. The number of hydrogen-bond acceptors (Lipinski definition) is 5. The van der Waals surface area contributed by atoms with Gasteiger partial charge in [-0.1, -0.05) is 36.4 Å². The van der Waals surface area contributed by atoms with Crippen molar-refractivity contribution in [1.29, 1.82) is 0 Å². The van der Waals surface area contributed by atoms with Crippen molar-refractivity contribution in [2.75, 3.05) is 13.1 Å². The van der Waals surface area contributed by atoms with Crippen molar-refractivity contribution in [2.45, 2.75) is 0 Å². The number of thioether (sulfide) groups is 1. The number of benzene rings is 1. The molecule has 25 heavy (non-hydrogen) atoms. The van der Waals surface area contributed by atoms with Crippen molar-refractivity contribution in [3.8, 4) is 0 Å². The molecule has 3 amide bonds. The Hall–Kier alpha value is -2.93. The molecule has 1 aromatic carbocycles. The van der Waals surface area contributed by atoms with Crippen LogP contribution in [0.5, 0.6) is 0 Å². The highest BCUT2D eigenvalue weighted by Gasteiger charge is 2.34. The summed E-state index contributed by atoms with van der Waals surface area (Å²) in [5.74, 6) is -0.682. The van der Waals surface area contributed by atoms with Gasteiger partial charge in [0.05, 0.1) is 4.91 Å². The van der Waals surface area contributed by atoms with E-state index >= 15 is 0 Å². The molecule has 0 aliphatic carbocycles. The zero-order valence-electron chi connectivity index (χ0n) is 13.2. The summed E-state index contributed by atoms with van der Waals surface area (Å²) in [6.45, 7) is 0.293. The van der Waals surface area contributed by atoms with Gasteiger partial charge in [0.25, 0.3) is 17.1 Å². The number of carbonyl (C=O) groups excluding carboxylic acids is 3. The van der Waals surface area contributed by atoms with Crippen LogP contribution in [0.2, 0.25) is 0 Å². The summed E-state index contributed by atoms with van der Waals surface area (Å²) >= 11 is 0.905. The zero-order chi connectivity index (χ0) is 17.6. The number of carbonyl (C=O) groups is 3. The second-order valence-corrected chi connectivity index (χ2v) is 6.21. The maximum Gasteiger partial charge on any atom is 0.293 e. The first kappa shape index (κ1) is 16.9. The molecule has 1 aliphatic heterocycles. The zero-order valence-corrected chi connectivity index (χ0v) is 14.0. The largest absolute Gasteiger partial charge is 0.349 e. The fourth-order valence-corrected chi connectivity index (χ4v) is 3.13. The summed E-state index contributed by atoms with van der Waals surface area (Å²) in [5.41, 5.74) is 1.15. The van der Waals surface area contributed by atoms with E-state index in [2.05, 4.69) is 10.3 Å². The van der Waals surface area contributed by atoms with E-state index in [0.717, 1.165) is 22.2 Å². The Labute approximate surface area is 148 Å². The molecule has 0 radical (unpaired) electrons. The number of imide groups is 1. The third-order valence-corrected chi connectivity index (χ3v) is 4.40. The van der Waals surface area contributed by atoms with Gasteiger partial charge in [-0.2, -0.15) is 0 Å². The minimum absolute atomic E-state index is 0.120. The first-order chi connectivity index (χ1) is 12.1. The monoisotopic (exact) mass is 353 g/mol. The van der Waals surface area contributed by atoms with Crippen LogP contribution in [-0.2, 0) is 4.79 Å². The number of pyridine rings is 1. The van der Waals surface area contributed by atoms with Crippen molar-refractivity contribution in [2.24, 2.45) is 0 Å². The summed E-state index contributed by atoms with van der Waals surface area (Å²) in [6, 6.07) is 14.4. The van der Waals surface area contributed by atoms with E-state index in [-0.39, 0.29) is 30.1 Å². The summed E-state index contributed by atoms with van der Waals surface area (Å²) < 4.78 is 0. The first-order valence-corrected chi connectivity index (χ1v) is 8.46. The van der Waals surface area contributed by atoms with E-state index in [4.69, 9.17) is 0 Å². The van der Waals surface area contributed by atoms with Crippen molar-refractivity contribution >= 4 is 34.9 Å². The predicted molar refractivity (Wildman–Crippen MR) is 95.7 cm³/mol. The molecule has 7 heteroatoms. The van der Waals surface area contributed by atoms with Gasteiger partial charge in [0.2, 0.25) is 0 Å². The van der Waals surface area contributed by atoms with Crippen LogP contribution in [0.15, 0.2) is 59.6 Å². The summed E-state index contributed by atoms with van der Waals surface area (Å²) in [7, 11) is 0. The van der Waals surface area contributed by atoms with Crippen LogP contribution in [0, 0.1) is 0 Å². The molecule has 0 saturated carbocycles. The van der Waals surface area contributed by atoms with Gasteiger partial charge in [0, 0.05) is 19.3 Å². The highest BCUT2D eigenvalue weighted by Crippen LogP contribution is 2.31. The second kappa shape index (κ2) is 7.76. The highest BCUT2D eigenvalue weighted by atomic mass is 32.2. The van der Waals surface area contributed by atoms with Gasteiger partial charge in [-0.3, -0.25) is 24.3 Å². The molecule has 0 unspecified atom stereocenters. The highest BCUT2D eigenvalue weighted by molar-refractivity contribution is 8.18.